The van der Waals surface area contributed by atoms with E-state index in [0.717, 1.165) is 64.7 Å². The van der Waals surface area contributed by atoms with Crippen LogP contribution in [0.4, 0.5) is 0 Å². The first-order valence-corrected chi connectivity index (χ1v) is 19.2. The summed E-state index contributed by atoms with van der Waals surface area (Å²) < 4.78 is 2.29. The predicted molar refractivity (Wildman–Crippen MR) is 229 cm³/mol. The second-order valence-corrected chi connectivity index (χ2v) is 14.6. The van der Waals surface area contributed by atoms with E-state index in [1.807, 2.05) is 140 Å². The highest BCUT2D eigenvalue weighted by Crippen LogP contribution is 2.38. The average Bonchev–Trinajstić information content (AvgIpc) is 3.67. The number of hydrogen-bond donors (Lipinski definition) is 0. The van der Waals surface area contributed by atoms with Crippen molar-refractivity contribution >= 4 is 31.5 Å². The molecule has 0 unspecified atom stereocenters. The molecule has 7 aromatic carbocycles. The van der Waals surface area contributed by atoms with Crippen LogP contribution in [-0.2, 0) is 0 Å². The third-order valence-electron chi connectivity index (χ3n) is 9.82. The van der Waals surface area contributed by atoms with Gasteiger partial charge >= 0.3 is 0 Å². The first kappa shape index (κ1) is 33.8. The van der Waals surface area contributed by atoms with Gasteiger partial charge in [-0.3, -0.25) is 0 Å². The zero-order chi connectivity index (χ0) is 38.1. The SMILES string of the molecule is N#Cc1cccc(-c2ccc(-c3nc(-c4ccccc4)nc(-c4ccc5sc6cc(-c7nc(-c8ccccc8)nc(-c8ccccc8)n7)ccc6c5c4)n3)cc2)c1. The Morgan fingerprint density at radius 1 is 0.316 bits per heavy atom. The summed E-state index contributed by atoms with van der Waals surface area (Å²) in [5, 5.41) is 11.7. The molecule has 0 bridgehead atoms. The van der Waals surface area contributed by atoms with Gasteiger partial charge in [-0.1, -0.05) is 140 Å². The topological polar surface area (TPSA) is 101 Å². The minimum absolute atomic E-state index is 0.582. The Balaban J connectivity index is 1.05. The van der Waals surface area contributed by atoms with Crippen molar-refractivity contribution in [2.75, 3.05) is 0 Å². The van der Waals surface area contributed by atoms with E-state index in [2.05, 4.69) is 42.5 Å². The van der Waals surface area contributed by atoms with Crippen molar-refractivity contribution < 1.29 is 0 Å². The van der Waals surface area contributed by atoms with Gasteiger partial charge in [-0.25, -0.2) is 29.9 Å². The van der Waals surface area contributed by atoms with E-state index in [1.54, 1.807) is 11.3 Å². The predicted octanol–water partition coefficient (Wildman–Crippen LogP) is 12.0. The lowest BCUT2D eigenvalue weighted by molar-refractivity contribution is 1.07. The van der Waals surface area contributed by atoms with Crippen molar-refractivity contribution in [1.29, 1.82) is 5.26 Å². The van der Waals surface area contributed by atoms with Crippen molar-refractivity contribution in [3.8, 4) is 85.5 Å². The van der Waals surface area contributed by atoms with Crippen LogP contribution in [0.5, 0.6) is 0 Å². The molecule has 0 atom stereocenters. The highest BCUT2D eigenvalue weighted by atomic mass is 32.1. The Kier molecular flexibility index (Phi) is 8.60. The third kappa shape index (κ3) is 6.69. The molecule has 0 N–H and O–H groups in total. The number of nitriles is 1. The lowest BCUT2D eigenvalue weighted by Gasteiger charge is -2.09. The van der Waals surface area contributed by atoms with Crippen LogP contribution in [0.25, 0.3) is 99.6 Å². The van der Waals surface area contributed by atoms with Crippen molar-refractivity contribution in [1.82, 2.24) is 29.9 Å². The molecule has 0 fully saturated rings. The minimum atomic E-state index is 0.582. The zero-order valence-corrected chi connectivity index (χ0v) is 31.1. The lowest BCUT2D eigenvalue weighted by atomic mass is 10.0. The third-order valence-corrected chi connectivity index (χ3v) is 11.0. The van der Waals surface area contributed by atoms with E-state index in [1.165, 1.54) is 0 Å². The van der Waals surface area contributed by atoms with Crippen LogP contribution in [-0.4, -0.2) is 29.9 Å². The Morgan fingerprint density at radius 2 is 0.737 bits per heavy atom. The Bertz CT molecular complexity index is 3060. The molecule has 0 aliphatic carbocycles. The Labute approximate surface area is 332 Å². The molecule has 0 spiro atoms. The molecular formula is C49H29N7S. The van der Waals surface area contributed by atoms with Gasteiger partial charge in [0.15, 0.2) is 34.9 Å². The second-order valence-electron chi connectivity index (χ2n) is 13.5. The fourth-order valence-corrected chi connectivity index (χ4v) is 8.05. The summed E-state index contributed by atoms with van der Waals surface area (Å²) in [6, 6.07) is 60.8. The molecule has 266 valence electrons. The summed E-state index contributed by atoms with van der Waals surface area (Å²) in [6.45, 7) is 0. The summed E-state index contributed by atoms with van der Waals surface area (Å²) in [4.78, 5) is 29.8. The molecule has 0 aliphatic heterocycles. The molecule has 0 saturated carbocycles. The second kappa shape index (κ2) is 14.5. The summed E-state index contributed by atoms with van der Waals surface area (Å²) in [7, 11) is 0. The van der Waals surface area contributed by atoms with Crippen LogP contribution in [0.3, 0.4) is 0 Å². The monoisotopic (exact) mass is 747 g/mol. The molecule has 3 aromatic heterocycles. The highest BCUT2D eigenvalue weighted by molar-refractivity contribution is 7.25. The largest absolute Gasteiger partial charge is 0.208 e. The van der Waals surface area contributed by atoms with Crippen molar-refractivity contribution in [2.45, 2.75) is 0 Å². The molecule has 0 saturated heterocycles. The number of nitrogens with zero attached hydrogens (tertiary/aromatic N) is 7. The molecular weight excluding hydrogens is 719 g/mol. The molecule has 10 aromatic rings. The summed E-state index contributed by atoms with van der Waals surface area (Å²) >= 11 is 1.74. The first-order valence-electron chi connectivity index (χ1n) is 18.4. The molecule has 57 heavy (non-hydrogen) atoms. The normalized spacial score (nSPS) is 11.1. The van der Waals surface area contributed by atoms with E-state index in [9.17, 15) is 5.26 Å². The van der Waals surface area contributed by atoms with E-state index >= 15 is 0 Å². The molecule has 10 rings (SSSR count). The van der Waals surface area contributed by atoms with E-state index in [-0.39, 0.29) is 0 Å². The summed E-state index contributed by atoms with van der Waals surface area (Å²) in [5.74, 6) is 3.66. The zero-order valence-electron chi connectivity index (χ0n) is 30.3. The van der Waals surface area contributed by atoms with E-state index in [4.69, 9.17) is 29.9 Å². The molecule has 3 heterocycles. The van der Waals surface area contributed by atoms with E-state index in [0.29, 0.717) is 40.5 Å². The van der Waals surface area contributed by atoms with Gasteiger partial charge < -0.3 is 0 Å². The molecule has 8 heteroatoms. The van der Waals surface area contributed by atoms with Crippen molar-refractivity contribution in [3.63, 3.8) is 0 Å². The number of fused-ring (bicyclic) bond motifs is 3. The van der Waals surface area contributed by atoms with Gasteiger partial charge in [0.1, 0.15) is 0 Å². The van der Waals surface area contributed by atoms with Crippen LogP contribution in [0.15, 0.2) is 176 Å². The van der Waals surface area contributed by atoms with Gasteiger partial charge in [0.2, 0.25) is 0 Å². The maximum atomic E-state index is 9.40. The lowest BCUT2D eigenvalue weighted by Crippen LogP contribution is -2.00. The number of thiophene rings is 1. The van der Waals surface area contributed by atoms with Crippen LogP contribution in [0.1, 0.15) is 5.56 Å². The fraction of sp³-hybridized carbons (Fsp3) is 0. The quantitative estimate of drug-likeness (QED) is 0.160. The van der Waals surface area contributed by atoms with Crippen molar-refractivity contribution in [3.05, 3.63) is 181 Å². The molecule has 0 aliphatic rings. The standard InChI is InChI=1S/C49H29N7S/c50-30-31-11-10-18-37(27-31)32-19-21-36(22-20-32)47-52-46(35-16-8-3-9-17-35)53-48(56-47)38-24-26-42-41(28-38)40-25-23-39(29-43(40)57-42)49-54-44(33-12-4-1-5-13-33)51-45(55-49)34-14-6-2-7-15-34/h1-29H. The summed E-state index contributed by atoms with van der Waals surface area (Å²) in [6.07, 6.45) is 0. The molecule has 0 radical (unpaired) electrons. The number of aromatic nitrogens is 6. The maximum Gasteiger partial charge on any atom is 0.164 e. The number of benzene rings is 7. The Morgan fingerprint density at radius 3 is 1.26 bits per heavy atom. The Hall–Kier alpha value is -7.73. The smallest absolute Gasteiger partial charge is 0.164 e. The van der Waals surface area contributed by atoms with Crippen molar-refractivity contribution in [2.24, 2.45) is 0 Å². The van der Waals surface area contributed by atoms with Gasteiger partial charge in [0.05, 0.1) is 11.6 Å². The number of rotatable bonds is 7. The van der Waals surface area contributed by atoms with Gasteiger partial charge in [0, 0.05) is 53.6 Å². The molecule has 0 amide bonds. The van der Waals surface area contributed by atoms with Crippen LogP contribution in [0.2, 0.25) is 0 Å². The van der Waals surface area contributed by atoms with Crippen LogP contribution in [0, 0.1) is 11.3 Å². The van der Waals surface area contributed by atoms with Crippen LogP contribution >= 0.6 is 11.3 Å². The van der Waals surface area contributed by atoms with Gasteiger partial charge in [0.25, 0.3) is 0 Å². The van der Waals surface area contributed by atoms with Gasteiger partial charge in [-0.05, 0) is 47.5 Å². The summed E-state index contributed by atoms with van der Waals surface area (Å²) in [5.41, 5.74) is 8.08. The minimum Gasteiger partial charge on any atom is -0.208 e. The van der Waals surface area contributed by atoms with Crippen LogP contribution < -0.4 is 0 Å². The highest BCUT2D eigenvalue weighted by Gasteiger charge is 2.17. The molecule has 7 nitrogen and oxygen atoms in total. The van der Waals surface area contributed by atoms with Gasteiger partial charge in [-0.15, -0.1) is 11.3 Å². The maximum absolute atomic E-state index is 9.40. The number of hydrogen-bond acceptors (Lipinski definition) is 8. The van der Waals surface area contributed by atoms with E-state index < -0.39 is 0 Å². The first-order chi connectivity index (χ1) is 28.1. The average molecular weight is 748 g/mol. The fourth-order valence-electron chi connectivity index (χ4n) is 6.92. The van der Waals surface area contributed by atoms with Gasteiger partial charge in [-0.2, -0.15) is 5.26 Å².